The van der Waals surface area contributed by atoms with Gasteiger partial charge in [-0.05, 0) is 18.4 Å². The molecular formula is C20H24N4O2. The summed E-state index contributed by atoms with van der Waals surface area (Å²) in [5.74, 6) is 0.622. The van der Waals surface area contributed by atoms with Crippen molar-refractivity contribution in [2.75, 3.05) is 11.9 Å². The Hall–Kier alpha value is -2.63. The van der Waals surface area contributed by atoms with Crippen LogP contribution in [0.3, 0.4) is 0 Å². The van der Waals surface area contributed by atoms with Gasteiger partial charge in [0.25, 0.3) is 5.56 Å². The SMILES string of the molecule is O=C1CC(c2cc(=O)[nH]c(NC3CCCC3)n2)CN1Cc1ccccc1. The molecule has 1 amide bonds. The van der Waals surface area contributed by atoms with Crippen LogP contribution in [-0.4, -0.2) is 33.4 Å². The van der Waals surface area contributed by atoms with Gasteiger partial charge in [0.2, 0.25) is 11.9 Å². The lowest BCUT2D eigenvalue weighted by molar-refractivity contribution is -0.128. The van der Waals surface area contributed by atoms with E-state index < -0.39 is 0 Å². The molecule has 136 valence electrons. The van der Waals surface area contributed by atoms with E-state index in [-0.39, 0.29) is 17.4 Å². The van der Waals surface area contributed by atoms with Crippen LogP contribution in [0.5, 0.6) is 0 Å². The fraction of sp³-hybridized carbons (Fsp3) is 0.450. The smallest absolute Gasteiger partial charge is 0.252 e. The van der Waals surface area contributed by atoms with Gasteiger partial charge < -0.3 is 10.2 Å². The summed E-state index contributed by atoms with van der Waals surface area (Å²) in [6.45, 7) is 1.21. The Bertz CT molecular complexity index is 827. The van der Waals surface area contributed by atoms with Crippen molar-refractivity contribution in [2.45, 2.75) is 50.6 Å². The maximum absolute atomic E-state index is 12.4. The molecule has 2 heterocycles. The Balaban J connectivity index is 1.48. The number of aromatic nitrogens is 2. The van der Waals surface area contributed by atoms with Gasteiger partial charge in [0.1, 0.15) is 0 Å². The van der Waals surface area contributed by atoms with Gasteiger partial charge in [-0.1, -0.05) is 43.2 Å². The highest BCUT2D eigenvalue weighted by Gasteiger charge is 2.32. The Labute approximate surface area is 152 Å². The first kappa shape index (κ1) is 16.8. The Morgan fingerprint density at radius 2 is 1.92 bits per heavy atom. The summed E-state index contributed by atoms with van der Waals surface area (Å²) < 4.78 is 0. The number of nitrogens with one attached hydrogen (secondary N) is 2. The number of aromatic amines is 1. The van der Waals surface area contributed by atoms with Gasteiger partial charge in [0.15, 0.2) is 0 Å². The molecule has 2 fully saturated rings. The Morgan fingerprint density at radius 3 is 2.69 bits per heavy atom. The van der Waals surface area contributed by atoms with E-state index in [1.54, 1.807) is 0 Å². The van der Waals surface area contributed by atoms with Crippen molar-refractivity contribution in [1.29, 1.82) is 0 Å². The molecule has 1 unspecified atom stereocenters. The molecule has 6 nitrogen and oxygen atoms in total. The zero-order chi connectivity index (χ0) is 17.9. The van der Waals surface area contributed by atoms with Crippen LogP contribution in [-0.2, 0) is 11.3 Å². The molecule has 4 rings (SSSR count). The summed E-state index contributed by atoms with van der Waals surface area (Å²) in [5, 5.41) is 3.34. The predicted molar refractivity (Wildman–Crippen MR) is 100.0 cm³/mol. The standard InChI is InChI=1S/C20H24N4O2/c25-18-11-17(22-20(23-18)21-16-8-4-5-9-16)15-10-19(26)24(13-15)12-14-6-2-1-3-7-14/h1-3,6-7,11,15-16H,4-5,8-10,12-13H2,(H2,21,22,23,25). The van der Waals surface area contributed by atoms with Crippen molar-refractivity contribution in [1.82, 2.24) is 14.9 Å². The second kappa shape index (κ2) is 7.32. The molecule has 1 aromatic carbocycles. The van der Waals surface area contributed by atoms with Gasteiger partial charge in [0, 0.05) is 37.5 Å². The molecule has 2 aliphatic rings. The first-order valence-electron chi connectivity index (χ1n) is 9.37. The van der Waals surface area contributed by atoms with Gasteiger partial charge in [-0.25, -0.2) is 4.98 Å². The lowest BCUT2D eigenvalue weighted by atomic mass is 10.0. The van der Waals surface area contributed by atoms with Crippen LogP contribution in [0.2, 0.25) is 0 Å². The Morgan fingerprint density at radius 1 is 1.15 bits per heavy atom. The van der Waals surface area contributed by atoms with E-state index in [0.717, 1.165) is 18.4 Å². The second-order valence-electron chi connectivity index (χ2n) is 7.31. The average Bonchev–Trinajstić information content (AvgIpc) is 3.26. The minimum atomic E-state index is -0.163. The maximum atomic E-state index is 12.4. The van der Waals surface area contributed by atoms with Gasteiger partial charge in [0.05, 0.1) is 5.69 Å². The molecule has 2 N–H and O–H groups in total. The zero-order valence-electron chi connectivity index (χ0n) is 14.8. The fourth-order valence-electron chi connectivity index (χ4n) is 3.94. The summed E-state index contributed by atoms with van der Waals surface area (Å²) in [7, 11) is 0. The molecule has 1 saturated heterocycles. The number of rotatable bonds is 5. The first-order chi connectivity index (χ1) is 12.7. The van der Waals surface area contributed by atoms with E-state index in [4.69, 9.17) is 0 Å². The molecule has 0 spiro atoms. The first-order valence-corrected chi connectivity index (χ1v) is 9.37. The third kappa shape index (κ3) is 3.79. The van der Waals surface area contributed by atoms with Crippen molar-refractivity contribution >= 4 is 11.9 Å². The number of carbonyl (C=O) groups is 1. The molecular weight excluding hydrogens is 328 g/mol. The number of benzene rings is 1. The number of anilines is 1. The monoisotopic (exact) mass is 352 g/mol. The fourth-order valence-corrected chi connectivity index (χ4v) is 3.94. The third-order valence-electron chi connectivity index (χ3n) is 5.31. The number of likely N-dealkylation sites (tertiary alicyclic amines) is 1. The third-order valence-corrected chi connectivity index (χ3v) is 5.31. The van der Waals surface area contributed by atoms with Crippen molar-refractivity contribution in [3.8, 4) is 0 Å². The van der Waals surface area contributed by atoms with E-state index in [1.165, 1.54) is 18.9 Å². The van der Waals surface area contributed by atoms with Crippen LogP contribution in [0.25, 0.3) is 0 Å². The number of hydrogen-bond donors (Lipinski definition) is 2. The van der Waals surface area contributed by atoms with Crippen molar-refractivity contribution in [2.24, 2.45) is 0 Å². The largest absolute Gasteiger partial charge is 0.353 e. The summed E-state index contributed by atoms with van der Waals surface area (Å²) in [6.07, 6.45) is 5.06. The van der Waals surface area contributed by atoms with E-state index in [1.807, 2.05) is 35.2 Å². The summed E-state index contributed by atoms with van der Waals surface area (Å²) >= 11 is 0. The van der Waals surface area contributed by atoms with Crippen molar-refractivity contribution < 1.29 is 4.79 Å². The highest BCUT2D eigenvalue weighted by Crippen LogP contribution is 2.28. The van der Waals surface area contributed by atoms with E-state index >= 15 is 0 Å². The van der Waals surface area contributed by atoms with Gasteiger partial charge in [-0.2, -0.15) is 0 Å². The minimum absolute atomic E-state index is 0.0300. The number of H-pyrrole nitrogens is 1. The molecule has 1 aromatic heterocycles. The number of carbonyl (C=O) groups excluding carboxylic acids is 1. The number of nitrogens with zero attached hydrogens (tertiary/aromatic N) is 2. The molecule has 26 heavy (non-hydrogen) atoms. The molecule has 0 bridgehead atoms. The average molecular weight is 352 g/mol. The topological polar surface area (TPSA) is 78.1 Å². The molecule has 1 saturated carbocycles. The van der Waals surface area contributed by atoms with Gasteiger partial charge >= 0.3 is 0 Å². The highest BCUT2D eigenvalue weighted by molar-refractivity contribution is 5.79. The zero-order valence-corrected chi connectivity index (χ0v) is 14.8. The molecule has 1 aliphatic heterocycles. The summed E-state index contributed by atoms with van der Waals surface area (Å²) in [6, 6.07) is 11.9. The molecule has 1 atom stereocenters. The van der Waals surface area contributed by atoms with Crippen molar-refractivity contribution in [3.05, 3.63) is 58.0 Å². The van der Waals surface area contributed by atoms with Crippen LogP contribution in [0.1, 0.15) is 49.3 Å². The van der Waals surface area contributed by atoms with Crippen LogP contribution in [0, 0.1) is 0 Å². The number of amides is 1. The summed E-state index contributed by atoms with van der Waals surface area (Å²) in [5.41, 5.74) is 1.66. The van der Waals surface area contributed by atoms with E-state index in [9.17, 15) is 9.59 Å². The normalized spacial score (nSPS) is 20.7. The second-order valence-corrected chi connectivity index (χ2v) is 7.31. The quantitative estimate of drug-likeness (QED) is 0.867. The molecule has 1 aliphatic carbocycles. The van der Waals surface area contributed by atoms with Crippen LogP contribution >= 0.6 is 0 Å². The molecule has 6 heteroatoms. The maximum Gasteiger partial charge on any atom is 0.252 e. The lowest BCUT2D eigenvalue weighted by Gasteiger charge is -2.17. The lowest BCUT2D eigenvalue weighted by Crippen LogP contribution is -2.25. The van der Waals surface area contributed by atoms with E-state index in [2.05, 4.69) is 15.3 Å². The van der Waals surface area contributed by atoms with E-state index in [0.29, 0.717) is 37.2 Å². The van der Waals surface area contributed by atoms with Crippen LogP contribution < -0.4 is 10.9 Å². The predicted octanol–water partition coefficient (Wildman–Crippen LogP) is 2.64. The molecule has 2 aromatic rings. The molecule has 0 radical (unpaired) electrons. The van der Waals surface area contributed by atoms with Crippen LogP contribution in [0.15, 0.2) is 41.2 Å². The van der Waals surface area contributed by atoms with Gasteiger partial charge in [-0.3, -0.25) is 14.6 Å². The van der Waals surface area contributed by atoms with Crippen molar-refractivity contribution in [3.63, 3.8) is 0 Å². The van der Waals surface area contributed by atoms with Crippen LogP contribution in [0.4, 0.5) is 5.95 Å². The highest BCUT2D eigenvalue weighted by atomic mass is 16.2. The Kier molecular flexibility index (Phi) is 4.73. The minimum Gasteiger partial charge on any atom is -0.353 e. The van der Waals surface area contributed by atoms with Gasteiger partial charge in [-0.15, -0.1) is 0 Å². The summed E-state index contributed by atoms with van der Waals surface area (Å²) in [4.78, 5) is 33.7. The number of hydrogen-bond acceptors (Lipinski definition) is 4.